The summed E-state index contributed by atoms with van der Waals surface area (Å²) in [4.78, 5) is 9.25. The second kappa shape index (κ2) is 8.85. The first kappa shape index (κ1) is 18.5. The summed E-state index contributed by atoms with van der Waals surface area (Å²) >= 11 is 0. The van der Waals surface area contributed by atoms with Crippen molar-refractivity contribution in [1.82, 2.24) is 20.4 Å². The maximum atomic E-state index is 5.79. The van der Waals surface area contributed by atoms with Crippen LogP contribution >= 0.6 is 0 Å². The summed E-state index contributed by atoms with van der Waals surface area (Å²) in [6.07, 6.45) is 4.26. The molecule has 2 saturated heterocycles. The van der Waals surface area contributed by atoms with E-state index in [0.717, 1.165) is 38.7 Å². The van der Waals surface area contributed by atoms with Crippen molar-refractivity contribution in [2.75, 3.05) is 60.0 Å². The molecule has 2 heterocycles. The van der Waals surface area contributed by atoms with Gasteiger partial charge in [0.15, 0.2) is 5.96 Å². The van der Waals surface area contributed by atoms with Crippen LogP contribution in [0.3, 0.4) is 0 Å². The average molecular weight is 326 g/mol. The second-order valence-corrected chi connectivity index (χ2v) is 7.42. The largest absolute Gasteiger partial charge is 0.374 e. The first-order chi connectivity index (χ1) is 11.0. The van der Waals surface area contributed by atoms with Gasteiger partial charge in [0.25, 0.3) is 0 Å². The SMILES string of the molecule is CN=C(NCC1CN(C)CCO1)NCC(C)(C)N1CCCCC1. The van der Waals surface area contributed by atoms with Crippen LogP contribution in [0.15, 0.2) is 4.99 Å². The molecule has 2 rings (SSSR count). The Balaban J connectivity index is 1.73. The van der Waals surface area contributed by atoms with Crippen molar-refractivity contribution in [2.45, 2.75) is 44.8 Å². The predicted molar refractivity (Wildman–Crippen MR) is 96.1 cm³/mol. The van der Waals surface area contributed by atoms with E-state index in [1.165, 1.54) is 32.4 Å². The summed E-state index contributed by atoms with van der Waals surface area (Å²) in [5.74, 6) is 0.868. The summed E-state index contributed by atoms with van der Waals surface area (Å²) in [5.41, 5.74) is 0.152. The van der Waals surface area contributed by atoms with Gasteiger partial charge in [0.1, 0.15) is 0 Å². The van der Waals surface area contributed by atoms with Crippen molar-refractivity contribution in [2.24, 2.45) is 4.99 Å². The maximum absolute atomic E-state index is 5.79. The monoisotopic (exact) mass is 325 g/mol. The van der Waals surface area contributed by atoms with Gasteiger partial charge in [-0.3, -0.25) is 9.89 Å². The van der Waals surface area contributed by atoms with Crippen LogP contribution in [-0.4, -0.2) is 87.4 Å². The average Bonchev–Trinajstić information content (AvgIpc) is 2.56. The number of nitrogens with one attached hydrogen (secondary N) is 2. The smallest absolute Gasteiger partial charge is 0.191 e. The highest BCUT2D eigenvalue weighted by Gasteiger charge is 2.28. The lowest BCUT2D eigenvalue weighted by molar-refractivity contribution is -0.0161. The van der Waals surface area contributed by atoms with Crippen molar-refractivity contribution in [3.05, 3.63) is 0 Å². The minimum atomic E-state index is 0.152. The number of likely N-dealkylation sites (N-methyl/N-ethyl adjacent to an activating group) is 1. The van der Waals surface area contributed by atoms with Gasteiger partial charge in [-0.25, -0.2) is 0 Å². The Bertz CT molecular complexity index is 379. The minimum Gasteiger partial charge on any atom is -0.374 e. The Hall–Kier alpha value is -0.850. The van der Waals surface area contributed by atoms with E-state index in [-0.39, 0.29) is 11.6 Å². The van der Waals surface area contributed by atoms with Crippen molar-refractivity contribution >= 4 is 5.96 Å². The molecule has 0 aromatic heterocycles. The number of rotatable bonds is 5. The molecule has 0 bridgehead atoms. The molecule has 2 aliphatic rings. The van der Waals surface area contributed by atoms with Crippen LogP contribution in [0.2, 0.25) is 0 Å². The third-order valence-electron chi connectivity index (χ3n) is 4.96. The lowest BCUT2D eigenvalue weighted by Gasteiger charge is -2.41. The van der Waals surface area contributed by atoms with E-state index in [9.17, 15) is 0 Å². The van der Waals surface area contributed by atoms with E-state index in [4.69, 9.17) is 4.74 Å². The Morgan fingerprint density at radius 3 is 2.57 bits per heavy atom. The quantitative estimate of drug-likeness (QED) is 0.577. The molecule has 2 N–H and O–H groups in total. The van der Waals surface area contributed by atoms with Crippen LogP contribution in [-0.2, 0) is 4.74 Å². The highest BCUT2D eigenvalue weighted by molar-refractivity contribution is 5.79. The third-order valence-corrected chi connectivity index (χ3v) is 4.96. The number of guanidine groups is 1. The number of likely N-dealkylation sites (tertiary alicyclic amines) is 1. The molecule has 0 saturated carbocycles. The van der Waals surface area contributed by atoms with Gasteiger partial charge >= 0.3 is 0 Å². The lowest BCUT2D eigenvalue weighted by Crippen LogP contribution is -2.55. The molecular weight excluding hydrogens is 290 g/mol. The number of piperidine rings is 1. The molecule has 2 fully saturated rings. The molecule has 23 heavy (non-hydrogen) atoms. The zero-order valence-electron chi connectivity index (χ0n) is 15.4. The Kier molecular flexibility index (Phi) is 7.11. The fraction of sp³-hybridized carbons (Fsp3) is 0.941. The normalized spacial score (nSPS) is 25.4. The van der Waals surface area contributed by atoms with Crippen molar-refractivity contribution in [3.8, 4) is 0 Å². The van der Waals surface area contributed by atoms with Crippen molar-refractivity contribution < 1.29 is 4.74 Å². The third kappa shape index (κ3) is 5.94. The van der Waals surface area contributed by atoms with Crippen molar-refractivity contribution in [1.29, 1.82) is 0 Å². The number of ether oxygens (including phenoxy) is 1. The van der Waals surface area contributed by atoms with E-state index in [2.05, 4.69) is 46.3 Å². The molecule has 0 aromatic rings. The lowest BCUT2D eigenvalue weighted by atomic mass is 9.98. The summed E-state index contributed by atoms with van der Waals surface area (Å²) < 4.78 is 5.79. The molecule has 0 aromatic carbocycles. The summed E-state index contributed by atoms with van der Waals surface area (Å²) in [5, 5.41) is 6.89. The first-order valence-corrected chi connectivity index (χ1v) is 9.01. The van der Waals surface area contributed by atoms with Crippen LogP contribution in [0.25, 0.3) is 0 Å². The van der Waals surface area contributed by atoms with E-state index in [1.54, 1.807) is 0 Å². The van der Waals surface area contributed by atoms with Gasteiger partial charge < -0.3 is 20.3 Å². The standard InChI is InChI=1S/C17H35N5O/c1-17(2,22-8-6-5-7-9-22)14-20-16(18-3)19-12-15-13-21(4)10-11-23-15/h15H,5-14H2,1-4H3,(H2,18,19,20). The molecule has 1 atom stereocenters. The maximum Gasteiger partial charge on any atom is 0.191 e. The molecule has 0 radical (unpaired) electrons. The van der Waals surface area contributed by atoms with Crippen molar-refractivity contribution in [3.63, 3.8) is 0 Å². The molecule has 0 amide bonds. The highest BCUT2D eigenvalue weighted by atomic mass is 16.5. The summed E-state index contributed by atoms with van der Waals surface area (Å²) in [6, 6.07) is 0. The molecule has 2 aliphatic heterocycles. The predicted octanol–water partition coefficient (Wildman–Crippen LogP) is 0.747. The first-order valence-electron chi connectivity index (χ1n) is 9.01. The molecule has 0 spiro atoms. The number of morpholine rings is 1. The van der Waals surface area contributed by atoms with Gasteiger partial charge in [0, 0.05) is 38.8 Å². The van der Waals surface area contributed by atoms with Gasteiger partial charge in [-0.1, -0.05) is 6.42 Å². The summed E-state index contributed by atoms with van der Waals surface area (Å²) in [7, 11) is 3.97. The molecule has 0 aliphatic carbocycles. The van der Waals surface area contributed by atoms with E-state index in [0.29, 0.717) is 0 Å². The van der Waals surface area contributed by atoms with E-state index >= 15 is 0 Å². The molecular formula is C17H35N5O. The van der Waals surface area contributed by atoms with Gasteiger partial charge in [0.2, 0.25) is 0 Å². The van der Waals surface area contributed by atoms with Gasteiger partial charge in [-0.05, 0) is 46.8 Å². The number of hydrogen-bond donors (Lipinski definition) is 2. The zero-order valence-corrected chi connectivity index (χ0v) is 15.4. The van der Waals surface area contributed by atoms with Crippen LogP contribution in [0.1, 0.15) is 33.1 Å². The molecule has 134 valence electrons. The number of nitrogens with zero attached hydrogens (tertiary/aromatic N) is 3. The Morgan fingerprint density at radius 2 is 1.91 bits per heavy atom. The van der Waals surface area contributed by atoms with Gasteiger partial charge in [-0.15, -0.1) is 0 Å². The fourth-order valence-electron chi connectivity index (χ4n) is 3.33. The van der Waals surface area contributed by atoms with E-state index < -0.39 is 0 Å². The molecule has 6 nitrogen and oxygen atoms in total. The van der Waals surface area contributed by atoms with Gasteiger partial charge in [0.05, 0.1) is 12.7 Å². The zero-order chi connectivity index (χ0) is 16.7. The highest BCUT2D eigenvalue weighted by Crippen LogP contribution is 2.19. The van der Waals surface area contributed by atoms with Crippen LogP contribution in [0, 0.1) is 0 Å². The Labute approximate surface area is 141 Å². The Morgan fingerprint density at radius 1 is 1.17 bits per heavy atom. The minimum absolute atomic E-state index is 0.152. The summed E-state index contributed by atoms with van der Waals surface area (Å²) in [6.45, 7) is 11.6. The fourth-order valence-corrected chi connectivity index (χ4v) is 3.33. The molecule has 6 heteroatoms. The molecule has 1 unspecified atom stereocenters. The van der Waals surface area contributed by atoms with Gasteiger partial charge in [-0.2, -0.15) is 0 Å². The van der Waals surface area contributed by atoms with Crippen LogP contribution < -0.4 is 10.6 Å². The van der Waals surface area contributed by atoms with Crippen LogP contribution in [0.5, 0.6) is 0 Å². The number of aliphatic imine (C=N–C) groups is 1. The number of hydrogen-bond acceptors (Lipinski definition) is 4. The topological polar surface area (TPSA) is 52.1 Å². The van der Waals surface area contributed by atoms with E-state index in [1.807, 2.05) is 7.05 Å². The van der Waals surface area contributed by atoms with Crippen LogP contribution in [0.4, 0.5) is 0 Å². The second-order valence-electron chi connectivity index (χ2n) is 7.42.